The number of benzene rings is 2. The van der Waals surface area contributed by atoms with Gasteiger partial charge in [0.2, 0.25) is 0 Å². The molecule has 5 heteroatoms. The third-order valence-corrected chi connectivity index (χ3v) is 5.55. The van der Waals surface area contributed by atoms with Crippen LogP contribution in [0.3, 0.4) is 0 Å². The monoisotopic (exact) mass is 409 g/mol. The number of rotatable bonds is 3. The smallest absolute Gasteiger partial charge is 0.142 e. The summed E-state index contributed by atoms with van der Waals surface area (Å²) in [6, 6.07) is 20.1. The van der Waals surface area contributed by atoms with Crippen LogP contribution in [0.4, 0.5) is 17.2 Å². The number of hydrogen-bond donors (Lipinski definition) is 0. The summed E-state index contributed by atoms with van der Waals surface area (Å²) in [5, 5.41) is 1.06. The molecule has 28 heavy (non-hydrogen) atoms. The number of nitrogens with zero attached hydrogens (tertiary/aromatic N) is 3. The van der Waals surface area contributed by atoms with E-state index in [0.717, 1.165) is 28.4 Å². The Balaban J connectivity index is 2.02. The van der Waals surface area contributed by atoms with Gasteiger partial charge in [-0.25, -0.2) is 4.98 Å². The molecule has 0 atom stereocenters. The maximum Gasteiger partial charge on any atom is 0.142 e. The number of imidazole rings is 1. The van der Waals surface area contributed by atoms with Crippen molar-refractivity contribution in [1.82, 2.24) is 9.38 Å². The SMILES string of the molecule is CC(C)(C)c1cc(Cl)c(Cl)c(N(c2ccccc2)c2cnc3ccccn23)c1. The molecule has 0 aliphatic carbocycles. The van der Waals surface area contributed by atoms with Gasteiger partial charge in [-0.15, -0.1) is 0 Å². The largest absolute Gasteiger partial charge is 0.293 e. The molecule has 0 radical (unpaired) electrons. The molecule has 0 amide bonds. The second-order valence-corrected chi connectivity index (χ2v) is 8.54. The first kappa shape index (κ1) is 18.9. The highest BCUT2D eigenvalue weighted by Crippen LogP contribution is 2.44. The van der Waals surface area contributed by atoms with E-state index in [4.69, 9.17) is 23.2 Å². The van der Waals surface area contributed by atoms with Gasteiger partial charge in [0.25, 0.3) is 0 Å². The molecule has 3 nitrogen and oxygen atoms in total. The van der Waals surface area contributed by atoms with E-state index in [9.17, 15) is 0 Å². The van der Waals surface area contributed by atoms with Gasteiger partial charge in [0.05, 0.1) is 21.9 Å². The summed E-state index contributed by atoms with van der Waals surface area (Å²) in [7, 11) is 0. The summed E-state index contributed by atoms with van der Waals surface area (Å²) >= 11 is 13.3. The Hall–Kier alpha value is -2.49. The van der Waals surface area contributed by atoms with Crippen molar-refractivity contribution in [3.8, 4) is 0 Å². The van der Waals surface area contributed by atoms with Crippen molar-refractivity contribution in [1.29, 1.82) is 0 Å². The molecular formula is C23H21Cl2N3. The fourth-order valence-corrected chi connectivity index (χ4v) is 3.63. The lowest BCUT2D eigenvalue weighted by atomic mass is 9.86. The third kappa shape index (κ3) is 3.36. The van der Waals surface area contributed by atoms with Crippen molar-refractivity contribution < 1.29 is 0 Å². The molecule has 0 spiro atoms. The van der Waals surface area contributed by atoms with Gasteiger partial charge in [-0.1, -0.05) is 68.2 Å². The molecule has 0 N–H and O–H groups in total. The molecular weight excluding hydrogens is 389 g/mol. The average Bonchev–Trinajstić information content (AvgIpc) is 3.09. The van der Waals surface area contributed by atoms with Crippen LogP contribution in [0.2, 0.25) is 10.0 Å². The Morgan fingerprint density at radius 3 is 2.36 bits per heavy atom. The fourth-order valence-electron chi connectivity index (χ4n) is 3.23. The van der Waals surface area contributed by atoms with Gasteiger partial charge in [0.15, 0.2) is 0 Å². The van der Waals surface area contributed by atoms with Crippen LogP contribution in [-0.2, 0) is 5.41 Å². The standard InChI is InChI=1S/C23H21Cl2N3/c1-23(2,3)16-13-18(24)22(25)19(14-16)28(17-9-5-4-6-10-17)21-15-26-20-11-7-8-12-27(20)21/h4-15H,1-3H3. The third-order valence-electron chi connectivity index (χ3n) is 4.76. The lowest BCUT2D eigenvalue weighted by Crippen LogP contribution is -2.16. The van der Waals surface area contributed by atoms with Crippen LogP contribution in [-0.4, -0.2) is 9.38 Å². The summed E-state index contributed by atoms with van der Waals surface area (Å²) in [5.41, 5.74) is 3.73. The van der Waals surface area contributed by atoms with Gasteiger partial charge in [-0.3, -0.25) is 9.30 Å². The second-order valence-electron chi connectivity index (χ2n) is 7.76. The molecule has 2 aromatic heterocycles. The Labute approximate surface area is 175 Å². The summed E-state index contributed by atoms with van der Waals surface area (Å²) in [6.07, 6.45) is 3.85. The van der Waals surface area contributed by atoms with Gasteiger partial charge in [0.1, 0.15) is 11.5 Å². The highest BCUT2D eigenvalue weighted by molar-refractivity contribution is 6.44. The van der Waals surface area contributed by atoms with Crippen molar-refractivity contribution >= 4 is 46.0 Å². The summed E-state index contributed by atoms with van der Waals surface area (Å²) in [5.74, 6) is 0.894. The van der Waals surface area contributed by atoms with Gasteiger partial charge in [0, 0.05) is 11.9 Å². The average molecular weight is 410 g/mol. The molecule has 0 saturated heterocycles. The van der Waals surface area contributed by atoms with E-state index in [-0.39, 0.29) is 5.41 Å². The number of halogens is 2. The predicted octanol–water partition coefficient (Wildman–Crippen LogP) is 7.41. The second kappa shape index (κ2) is 7.16. The fraction of sp³-hybridized carbons (Fsp3) is 0.174. The summed E-state index contributed by atoms with van der Waals surface area (Å²) in [4.78, 5) is 6.66. The van der Waals surface area contributed by atoms with Crippen molar-refractivity contribution in [2.75, 3.05) is 4.90 Å². The topological polar surface area (TPSA) is 20.5 Å². The number of para-hydroxylation sites is 1. The minimum absolute atomic E-state index is 0.0647. The van der Waals surface area contributed by atoms with E-state index in [2.05, 4.69) is 48.9 Å². The van der Waals surface area contributed by atoms with Gasteiger partial charge in [-0.2, -0.15) is 0 Å². The van der Waals surface area contributed by atoms with E-state index < -0.39 is 0 Å². The van der Waals surface area contributed by atoms with Gasteiger partial charge in [-0.05, 0) is 47.4 Å². The number of aromatic nitrogens is 2. The lowest BCUT2D eigenvalue weighted by molar-refractivity contribution is 0.590. The zero-order chi connectivity index (χ0) is 19.9. The van der Waals surface area contributed by atoms with E-state index >= 15 is 0 Å². The van der Waals surface area contributed by atoms with Gasteiger partial charge >= 0.3 is 0 Å². The van der Waals surface area contributed by atoms with Crippen LogP contribution in [0.15, 0.2) is 73.1 Å². The van der Waals surface area contributed by atoms with Crippen molar-refractivity contribution in [2.24, 2.45) is 0 Å². The highest BCUT2D eigenvalue weighted by Gasteiger charge is 2.24. The molecule has 2 heterocycles. The van der Waals surface area contributed by atoms with Crippen LogP contribution < -0.4 is 4.90 Å². The molecule has 0 unspecified atom stereocenters. The molecule has 2 aromatic carbocycles. The van der Waals surface area contributed by atoms with Crippen LogP contribution in [0.5, 0.6) is 0 Å². The normalized spacial score (nSPS) is 11.8. The van der Waals surface area contributed by atoms with Gasteiger partial charge < -0.3 is 0 Å². The Morgan fingerprint density at radius 2 is 1.64 bits per heavy atom. The molecule has 0 aliphatic heterocycles. The highest BCUT2D eigenvalue weighted by atomic mass is 35.5. The Morgan fingerprint density at radius 1 is 0.929 bits per heavy atom. The molecule has 0 bridgehead atoms. The lowest BCUT2D eigenvalue weighted by Gasteiger charge is -2.28. The van der Waals surface area contributed by atoms with Crippen molar-refractivity contribution in [3.63, 3.8) is 0 Å². The minimum Gasteiger partial charge on any atom is -0.293 e. The molecule has 4 rings (SSSR count). The van der Waals surface area contributed by atoms with E-state index in [1.54, 1.807) is 0 Å². The predicted molar refractivity (Wildman–Crippen MR) is 119 cm³/mol. The first-order chi connectivity index (χ1) is 13.4. The first-order valence-electron chi connectivity index (χ1n) is 9.13. The number of pyridine rings is 1. The molecule has 0 saturated carbocycles. The minimum atomic E-state index is -0.0647. The van der Waals surface area contributed by atoms with Crippen LogP contribution in [0.1, 0.15) is 26.3 Å². The number of anilines is 3. The van der Waals surface area contributed by atoms with Crippen molar-refractivity contribution in [3.05, 3.63) is 88.7 Å². The maximum atomic E-state index is 6.72. The number of hydrogen-bond acceptors (Lipinski definition) is 2. The molecule has 142 valence electrons. The van der Waals surface area contributed by atoms with E-state index in [1.807, 2.05) is 59.3 Å². The quantitative estimate of drug-likeness (QED) is 0.351. The summed E-state index contributed by atoms with van der Waals surface area (Å²) < 4.78 is 2.04. The Kier molecular flexibility index (Phi) is 4.82. The summed E-state index contributed by atoms with van der Waals surface area (Å²) in [6.45, 7) is 6.49. The maximum absolute atomic E-state index is 6.72. The van der Waals surface area contributed by atoms with E-state index in [0.29, 0.717) is 10.0 Å². The zero-order valence-electron chi connectivity index (χ0n) is 16.0. The van der Waals surface area contributed by atoms with Crippen LogP contribution in [0.25, 0.3) is 5.65 Å². The van der Waals surface area contributed by atoms with Crippen molar-refractivity contribution in [2.45, 2.75) is 26.2 Å². The zero-order valence-corrected chi connectivity index (χ0v) is 17.5. The molecule has 0 fully saturated rings. The molecule has 4 aromatic rings. The van der Waals surface area contributed by atoms with Crippen LogP contribution >= 0.6 is 23.2 Å². The van der Waals surface area contributed by atoms with E-state index in [1.165, 1.54) is 0 Å². The van der Waals surface area contributed by atoms with Crippen LogP contribution in [0, 0.1) is 0 Å². The molecule has 0 aliphatic rings. The number of fused-ring (bicyclic) bond motifs is 1. The Bertz CT molecular complexity index is 1130. The first-order valence-corrected chi connectivity index (χ1v) is 9.88.